The summed E-state index contributed by atoms with van der Waals surface area (Å²) in [7, 11) is 0. The van der Waals surface area contributed by atoms with Crippen molar-refractivity contribution in [3.8, 4) is 0 Å². The summed E-state index contributed by atoms with van der Waals surface area (Å²) in [5.74, 6) is 2.07. The van der Waals surface area contributed by atoms with E-state index >= 15 is 0 Å². The van der Waals surface area contributed by atoms with Crippen LogP contribution in [0, 0.1) is 0 Å². The molecular weight excluding hydrogens is 264 g/mol. The Morgan fingerprint density at radius 2 is 1.76 bits per heavy atom. The first-order valence-electron chi connectivity index (χ1n) is 7.27. The van der Waals surface area contributed by atoms with Crippen molar-refractivity contribution in [3.63, 3.8) is 0 Å². The Kier molecular flexibility index (Phi) is 3.03. The summed E-state index contributed by atoms with van der Waals surface area (Å²) < 4.78 is 5.89. The number of hydrogen-bond donors (Lipinski definition) is 0. The van der Waals surface area contributed by atoms with Gasteiger partial charge in [0.25, 0.3) is 0 Å². The van der Waals surface area contributed by atoms with Gasteiger partial charge in [0, 0.05) is 31.4 Å². The van der Waals surface area contributed by atoms with E-state index in [9.17, 15) is 0 Å². The Bertz CT molecular complexity index is 699. The Labute approximate surface area is 122 Å². The maximum Gasteiger partial charge on any atom is 0.225 e. The van der Waals surface area contributed by atoms with E-state index < -0.39 is 0 Å². The summed E-state index contributed by atoms with van der Waals surface area (Å²) in [6.45, 7) is 1.88. The van der Waals surface area contributed by atoms with E-state index in [1.165, 1.54) is 0 Å². The molecule has 106 valence electrons. The second-order valence-electron chi connectivity index (χ2n) is 5.33. The second-order valence-corrected chi connectivity index (χ2v) is 5.33. The van der Waals surface area contributed by atoms with Crippen molar-refractivity contribution in [3.05, 3.63) is 48.6 Å². The van der Waals surface area contributed by atoms with Crippen molar-refractivity contribution < 1.29 is 4.42 Å². The normalized spacial score (nSPS) is 16.5. The van der Waals surface area contributed by atoms with Crippen LogP contribution in [0.25, 0.3) is 11.1 Å². The first-order chi connectivity index (χ1) is 10.4. The monoisotopic (exact) mass is 280 g/mol. The summed E-state index contributed by atoms with van der Waals surface area (Å²) in [5.41, 5.74) is 1.82. The van der Waals surface area contributed by atoms with E-state index in [0.29, 0.717) is 5.92 Å². The lowest BCUT2D eigenvalue weighted by molar-refractivity contribution is 0.405. The van der Waals surface area contributed by atoms with Crippen LogP contribution < -0.4 is 4.90 Å². The molecule has 0 saturated carbocycles. The lowest BCUT2D eigenvalue weighted by atomic mass is 9.97. The van der Waals surface area contributed by atoms with E-state index in [-0.39, 0.29) is 0 Å². The summed E-state index contributed by atoms with van der Waals surface area (Å²) in [4.78, 5) is 15.5. The lowest BCUT2D eigenvalue weighted by Crippen LogP contribution is -2.34. The highest BCUT2D eigenvalue weighted by Crippen LogP contribution is 2.30. The number of fused-ring (bicyclic) bond motifs is 1. The maximum atomic E-state index is 5.89. The van der Waals surface area contributed by atoms with Crippen molar-refractivity contribution >= 4 is 17.0 Å². The summed E-state index contributed by atoms with van der Waals surface area (Å²) >= 11 is 0. The molecule has 1 aliphatic rings. The Morgan fingerprint density at radius 3 is 2.52 bits per heavy atom. The van der Waals surface area contributed by atoms with Crippen molar-refractivity contribution in [1.82, 2.24) is 15.0 Å². The molecule has 5 heteroatoms. The van der Waals surface area contributed by atoms with Gasteiger partial charge in [-0.25, -0.2) is 15.0 Å². The molecule has 1 aliphatic heterocycles. The van der Waals surface area contributed by atoms with Gasteiger partial charge in [0.15, 0.2) is 11.5 Å². The summed E-state index contributed by atoms with van der Waals surface area (Å²) in [5, 5.41) is 0. The van der Waals surface area contributed by atoms with Crippen LogP contribution >= 0.6 is 0 Å². The zero-order valence-electron chi connectivity index (χ0n) is 11.6. The molecule has 5 nitrogen and oxygen atoms in total. The van der Waals surface area contributed by atoms with Crippen LogP contribution in [-0.2, 0) is 0 Å². The molecule has 3 aromatic rings. The highest BCUT2D eigenvalue weighted by molar-refractivity contribution is 5.72. The van der Waals surface area contributed by atoms with Crippen LogP contribution in [0.15, 0.2) is 47.1 Å². The molecule has 0 bridgehead atoms. The van der Waals surface area contributed by atoms with Gasteiger partial charge in [0.2, 0.25) is 5.95 Å². The third-order valence-electron chi connectivity index (χ3n) is 3.99. The van der Waals surface area contributed by atoms with Gasteiger partial charge in [-0.15, -0.1) is 0 Å². The van der Waals surface area contributed by atoms with Crippen LogP contribution in [0.4, 0.5) is 5.95 Å². The summed E-state index contributed by atoms with van der Waals surface area (Å²) in [6.07, 6.45) is 5.61. The molecular formula is C16H16N4O. The van der Waals surface area contributed by atoms with Gasteiger partial charge in [-0.05, 0) is 31.0 Å². The molecule has 0 amide bonds. The van der Waals surface area contributed by atoms with Crippen LogP contribution in [0.3, 0.4) is 0 Å². The van der Waals surface area contributed by atoms with Crippen molar-refractivity contribution in [2.75, 3.05) is 18.0 Å². The Balaban J connectivity index is 1.50. The standard InChI is InChI=1S/C16H16N4O/c1-2-5-14-13(4-1)19-15(21-14)12-6-10-20(11-7-12)16-17-8-3-9-18-16/h1-5,8-9,12H,6-7,10-11H2. The lowest BCUT2D eigenvalue weighted by Gasteiger charge is -2.30. The molecule has 0 radical (unpaired) electrons. The first-order valence-corrected chi connectivity index (χ1v) is 7.27. The van der Waals surface area contributed by atoms with E-state index in [2.05, 4.69) is 19.9 Å². The molecule has 3 heterocycles. The van der Waals surface area contributed by atoms with Gasteiger partial charge in [0.05, 0.1) is 0 Å². The highest BCUT2D eigenvalue weighted by atomic mass is 16.3. The quantitative estimate of drug-likeness (QED) is 0.722. The van der Waals surface area contributed by atoms with Gasteiger partial charge in [-0.1, -0.05) is 12.1 Å². The Morgan fingerprint density at radius 1 is 1.00 bits per heavy atom. The first kappa shape index (κ1) is 12.3. The average Bonchev–Trinajstić information content (AvgIpc) is 3.00. The zero-order valence-corrected chi connectivity index (χ0v) is 11.6. The molecule has 0 aliphatic carbocycles. The predicted molar refractivity (Wildman–Crippen MR) is 80.2 cm³/mol. The van der Waals surface area contributed by atoms with Crippen LogP contribution in [-0.4, -0.2) is 28.0 Å². The fraction of sp³-hybridized carbons (Fsp3) is 0.312. The number of nitrogens with zero attached hydrogens (tertiary/aromatic N) is 4. The third kappa shape index (κ3) is 2.35. The number of oxazole rings is 1. The number of anilines is 1. The van der Waals surface area contributed by atoms with E-state index in [4.69, 9.17) is 4.42 Å². The smallest absolute Gasteiger partial charge is 0.225 e. The SMILES string of the molecule is c1cnc(N2CCC(c3nc4ccccc4o3)CC2)nc1. The largest absolute Gasteiger partial charge is 0.440 e. The van der Waals surface area contributed by atoms with E-state index in [1.807, 2.05) is 30.3 Å². The number of piperidine rings is 1. The van der Waals surface area contributed by atoms with Crippen LogP contribution in [0.5, 0.6) is 0 Å². The molecule has 0 atom stereocenters. The zero-order chi connectivity index (χ0) is 14.1. The highest BCUT2D eigenvalue weighted by Gasteiger charge is 2.25. The number of benzene rings is 1. The third-order valence-corrected chi connectivity index (χ3v) is 3.99. The maximum absolute atomic E-state index is 5.89. The number of hydrogen-bond acceptors (Lipinski definition) is 5. The van der Waals surface area contributed by atoms with Gasteiger partial charge in [-0.2, -0.15) is 0 Å². The molecule has 0 N–H and O–H groups in total. The van der Waals surface area contributed by atoms with Gasteiger partial charge < -0.3 is 9.32 Å². The van der Waals surface area contributed by atoms with Gasteiger partial charge in [0.1, 0.15) is 5.52 Å². The minimum absolute atomic E-state index is 0.386. The molecule has 21 heavy (non-hydrogen) atoms. The minimum Gasteiger partial charge on any atom is -0.440 e. The van der Waals surface area contributed by atoms with Crippen molar-refractivity contribution in [2.45, 2.75) is 18.8 Å². The van der Waals surface area contributed by atoms with Crippen molar-refractivity contribution in [1.29, 1.82) is 0 Å². The summed E-state index contributed by atoms with van der Waals surface area (Å²) in [6, 6.07) is 9.78. The molecule has 4 rings (SSSR count). The fourth-order valence-electron chi connectivity index (χ4n) is 2.85. The number of rotatable bonds is 2. The topological polar surface area (TPSA) is 55.1 Å². The fourth-order valence-corrected chi connectivity index (χ4v) is 2.85. The second kappa shape index (κ2) is 5.16. The Hall–Kier alpha value is -2.43. The van der Waals surface area contributed by atoms with Gasteiger partial charge in [-0.3, -0.25) is 0 Å². The van der Waals surface area contributed by atoms with Crippen LogP contribution in [0.1, 0.15) is 24.7 Å². The molecule has 1 fully saturated rings. The average molecular weight is 280 g/mol. The van der Waals surface area contributed by atoms with Gasteiger partial charge >= 0.3 is 0 Å². The van der Waals surface area contributed by atoms with E-state index in [0.717, 1.165) is 48.9 Å². The molecule has 1 saturated heterocycles. The predicted octanol–water partition coefficient (Wildman–Crippen LogP) is 3.00. The molecule has 0 unspecified atom stereocenters. The molecule has 1 aromatic carbocycles. The van der Waals surface area contributed by atoms with Crippen molar-refractivity contribution in [2.24, 2.45) is 0 Å². The van der Waals surface area contributed by atoms with Crippen LogP contribution in [0.2, 0.25) is 0 Å². The number of aromatic nitrogens is 3. The molecule has 0 spiro atoms. The number of para-hydroxylation sites is 2. The molecule has 2 aromatic heterocycles. The minimum atomic E-state index is 0.386. The van der Waals surface area contributed by atoms with E-state index in [1.54, 1.807) is 12.4 Å².